The molecule has 0 N–H and O–H groups in total. The molecule has 0 aromatic heterocycles. The molecule has 0 amide bonds. The molecule has 0 aliphatic rings. The maximum atomic E-state index is 11.0. The Kier molecular flexibility index (Phi) is 7.58. The Hall–Kier alpha value is -3.14. The van der Waals surface area contributed by atoms with E-state index in [4.69, 9.17) is 9.47 Å². The Balaban J connectivity index is 0.000000231. The maximum absolute atomic E-state index is 11.0. The van der Waals surface area contributed by atoms with Crippen molar-refractivity contribution in [1.82, 2.24) is 0 Å². The highest BCUT2D eigenvalue weighted by atomic mass is 16.5. The average molecular weight is 310 g/mol. The van der Waals surface area contributed by atoms with E-state index in [2.05, 4.69) is 13.2 Å². The van der Waals surface area contributed by atoms with E-state index in [1.807, 2.05) is 12.1 Å². The van der Waals surface area contributed by atoms with Gasteiger partial charge in [0.05, 0.1) is 0 Å². The highest BCUT2D eigenvalue weighted by molar-refractivity contribution is 5.88. The lowest BCUT2D eigenvalue weighted by molar-refractivity contribution is -0.130. The first-order chi connectivity index (χ1) is 11.0. The molecule has 0 heterocycles. The molecule has 2 aromatic carbocycles. The van der Waals surface area contributed by atoms with Gasteiger partial charge >= 0.3 is 11.9 Å². The Morgan fingerprint density at radius 3 is 1.70 bits per heavy atom. The Labute approximate surface area is 135 Å². The monoisotopic (exact) mass is 310 g/mol. The minimum Gasteiger partial charge on any atom is -0.423 e. The SMILES string of the molecule is C=C(C)C(=O)Oc1ccccc1.C=CC(=O)Oc1ccccc1. The highest BCUT2D eigenvalue weighted by Crippen LogP contribution is 2.10. The molecule has 0 fully saturated rings. The van der Waals surface area contributed by atoms with Crippen molar-refractivity contribution in [2.45, 2.75) is 6.92 Å². The summed E-state index contributed by atoms with van der Waals surface area (Å²) in [6, 6.07) is 17.8. The van der Waals surface area contributed by atoms with E-state index >= 15 is 0 Å². The molecule has 23 heavy (non-hydrogen) atoms. The van der Waals surface area contributed by atoms with Crippen LogP contribution in [-0.2, 0) is 9.59 Å². The summed E-state index contributed by atoms with van der Waals surface area (Å²) >= 11 is 0. The van der Waals surface area contributed by atoms with E-state index in [9.17, 15) is 9.59 Å². The molecule has 2 aromatic rings. The summed E-state index contributed by atoms with van der Waals surface area (Å²) in [5.41, 5.74) is 0.402. The topological polar surface area (TPSA) is 52.6 Å². The van der Waals surface area contributed by atoms with E-state index in [1.165, 1.54) is 0 Å². The molecule has 0 radical (unpaired) electrons. The second-order valence-electron chi connectivity index (χ2n) is 4.42. The van der Waals surface area contributed by atoms with Crippen LogP contribution in [-0.4, -0.2) is 11.9 Å². The molecule has 0 aliphatic carbocycles. The fourth-order valence-corrected chi connectivity index (χ4v) is 1.33. The smallest absolute Gasteiger partial charge is 0.338 e. The van der Waals surface area contributed by atoms with Gasteiger partial charge in [0.15, 0.2) is 0 Å². The standard InChI is InChI=1S/C10H10O2.C9H8O2/c1-8(2)10(11)12-9-6-4-3-5-7-9;1-2-9(10)11-8-6-4-3-5-7-8/h3-7H,1H2,2H3;2-7H,1H2. The zero-order valence-electron chi connectivity index (χ0n) is 12.9. The van der Waals surface area contributed by atoms with Gasteiger partial charge in [-0.25, -0.2) is 9.59 Å². The third kappa shape index (κ3) is 7.43. The molecule has 0 aliphatic heterocycles. The van der Waals surface area contributed by atoms with Crippen LogP contribution in [0.4, 0.5) is 0 Å². The van der Waals surface area contributed by atoms with Gasteiger partial charge in [-0.1, -0.05) is 49.6 Å². The Morgan fingerprint density at radius 1 is 0.870 bits per heavy atom. The van der Waals surface area contributed by atoms with Gasteiger partial charge in [0.25, 0.3) is 0 Å². The highest BCUT2D eigenvalue weighted by Gasteiger charge is 2.03. The van der Waals surface area contributed by atoms with Crippen molar-refractivity contribution in [3.05, 3.63) is 85.5 Å². The van der Waals surface area contributed by atoms with Gasteiger partial charge in [-0.15, -0.1) is 0 Å². The first-order valence-corrected chi connectivity index (χ1v) is 6.85. The number of rotatable bonds is 4. The number of carbonyl (C=O) groups excluding carboxylic acids is 2. The van der Waals surface area contributed by atoms with Crippen molar-refractivity contribution >= 4 is 11.9 Å². The lowest BCUT2D eigenvalue weighted by Crippen LogP contribution is -2.07. The van der Waals surface area contributed by atoms with Crippen molar-refractivity contribution in [2.75, 3.05) is 0 Å². The van der Waals surface area contributed by atoms with E-state index in [0.29, 0.717) is 17.1 Å². The maximum Gasteiger partial charge on any atom is 0.338 e. The van der Waals surface area contributed by atoms with Crippen molar-refractivity contribution in [3.63, 3.8) is 0 Å². The van der Waals surface area contributed by atoms with Crippen LogP contribution >= 0.6 is 0 Å². The number of ether oxygens (including phenoxy) is 2. The third-order valence-electron chi connectivity index (χ3n) is 2.43. The number of hydrogen-bond donors (Lipinski definition) is 0. The summed E-state index contributed by atoms with van der Waals surface area (Å²) in [5.74, 6) is 0.264. The molecular weight excluding hydrogens is 292 g/mol. The van der Waals surface area contributed by atoms with E-state index in [0.717, 1.165) is 6.08 Å². The van der Waals surface area contributed by atoms with Crippen LogP contribution in [0.5, 0.6) is 11.5 Å². The van der Waals surface area contributed by atoms with Gasteiger partial charge in [0.2, 0.25) is 0 Å². The predicted octanol–water partition coefficient (Wildman–Crippen LogP) is 3.95. The zero-order valence-corrected chi connectivity index (χ0v) is 12.9. The number of carbonyl (C=O) groups is 2. The van der Waals surface area contributed by atoms with Crippen LogP contribution < -0.4 is 9.47 Å². The summed E-state index contributed by atoms with van der Waals surface area (Å²) in [7, 11) is 0. The summed E-state index contributed by atoms with van der Waals surface area (Å²) in [4.78, 5) is 21.6. The summed E-state index contributed by atoms with van der Waals surface area (Å²) in [5, 5.41) is 0. The van der Waals surface area contributed by atoms with Gasteiger partial charge < -0.3 is 9.47 Å². The molecule has 4 heteroatoms. The second kappa shape index (κ2) is 9.73. The Morgan fingerprint density at radius 2 is 1.30 bits per heavy atom. The number of benzene rings is 2. The van der Waals surface area contributed by atoms with Gasteiger partial charge in [-0.05, 0) is 31.2 Å². The Bertz CT molecular complexity index is 660. The van der Waals surface area contributed by atoms with Crippen LogP contribution in [0.25, 0.3) is 0 Å². The minimum atomic E-state index is -0.434. The average Bonchev–Trinajstić information content (AvgIpc) is 2.57. The van der Waals surface area contributed by atoms with Crippen molar-refractivity contribution < 1.29 is 19.1 Å². The molecule has 0 saturated heterocycles. The van der Waals surface area contributed by atoms with Gasteiger partial charge in [0, 0.05) is 11.6 Å². The fraction of sp³-hybridized carbons (Fsp3) is 0.0526. The van der Waals surface area contributed by atoms with Crippen LogP contribution in [0, 0.1) is 0 Å². The molecule has 4 nitrogen and oxygen atoms in total. The van der Waals surface area contributed by atoms with E-state index < -0.39 is 5.97 Å². The summed E-state index contributed by atoms with van der Waals surface area (Å²) in [6.45, 7) is 8.38. The van der Waals surface area contributed by atoms with Crippen LogP contribution in [0.15, 0.2) is 85.5 Å². The quantitative estimate of drug-likeness (QED) is 0.487. The molecule has 0 atom stereocenters. The molecule has 0 bridgehead atoms. The fourth-order valence-electron chi connectivity index (χ4n) is 1.33. The molecule has 2 rings (SSSR count). The van der Waals surface area contributed by atoms with E-state index in [1.54, 1.807) is 55.5 Å². The van der Waals surface area contributed by atoms with Crippen molar-refractivity contribution in [1.29, 1.82) is 0 Å². The van der Waals surface area contributed by atoms with Gasteiger partial charge in [0.1, 0.15) is 11.5 Å². The zero-order chi connectivity index (χ0) is 17.1. The summed E-state index contributed by atoms with van der Waals surface area (Å²) < 4.78 is 9.74. The molecular formula is C19H18O4. The largest absolute Gasteiger partial charge is 0.423 e. The first-order valence-electron chi connectivity index (χ1n) is 6.85. The van der Waals surface area contributed by atoms with Crippen LogP contribution in [0.2, 0.25) is 0 Å². The second-order valence-corrected chi connectivity index (χ2v) is 4.42. The van der Waals surface area contributed by atoms with E-state index in [-0.39, 0.29) is 5.97 Å². The third-order valence-corrected chi connectivity index (χ3v) is 2.43. The minimum absolute atomic E-state index is 0.388. The lowest BCUT2D eigenvalue weighted by atomic mass is 10.3. The normalized spacial score (nSPS) is 8.91. The van der Waals surface area contributed by atoms with Crippen molar-refractivity contribution in [3.8, 4) is 11.5 Å². The van der Waals surface area contributed by atoms with Gasteiger partial charge in [-0.2, -0.15) is 0 Å². The van der Waals surface area contributed by atoms with Gasteiger partial charge in [-0.3, -0.25) is 0 Å². The van der Waals surface area contributed by atoms with Crippen LogP contribution in [0.1, 0.15) is 6.92 Å². The summed E-state index contributed by atoms with van der Waals surface area (Å²) in [6.07, 6.45) is 1.13. The van der Waals surface area contributed by atoms with Crippen LogP contribution in [0.3, 0.4) is 0 Å². The lowest BCUT2D eigenvalue weighted by Gasteiger charge is -2.01. The first kappa shape index (κ1) is 17.9. The van der Waals surface area contributed by atoms with Crippen molar-refractivity contribution in [2.24, 2.45) is 0 Å². The number of para-hydroxylation sites is 2. The molecule has 0 saturated carbocycles. The number of esters is 2. The molecule has 0 unspecified atom stereocenters. The molecule has 118 valence electrons. The molecule has 0 spiro atoms. The predicted molar refractivity (Wildman–Crippen MR) is 89.2 cm³/mol. The number of hydrogen-bond acceptors (Lipinski definition) is 4.